The van der Waals surface area contributed by atoms with Crippen LogP contribution in [0.3, 0.4) is 0 Å². The highest BCUT2D eigenvalue weighted by Crippen LogP contribution is 2.25. The number of rotatable bonds is 7. The van der Waals surface area contributed by atoms with Crippen molar-refractivity contribution in [2.45, 2.75) is 13.0 Å². The Morgan fingerprint density at radius 3 is 2.62 bits per heavy atom. The lowest BCUT2D eigenvalue weighted by Gasteiger charge is -2.11. The molecule has 0 radical (unpaired) electrons. The second kappa shape index (κ2) is 9.22. The number of hydrogen-bond donors (Lipinski definition) is 2. The molecule has 1 heterocycles. The third-order valence-corrected chi connectivity index (χ3v) is 4.29. The van der Waals surface area contributed by atoms with E-state index in [9.17, 15) is 0 Å². The predicted octanol–water partition coefficient (Wildman–Crippen LogP) is 3.48. The molecule has 0 saturated carbocycles. The molecule has 2 rings (SSSR count). The number of benzene rings is 1. The van der Waals surface area contributed by atoms with Gasteiger partial charge in [0.2, 0.25) is 0 Å². The first-order chi connectivity index (χ1) is 11.5. The number of halogens is 2. The largest absolute Gasteiger partial charge is 0.362 e. The molecule has 1 aromatic heterocycles. The Bertz CT molecular complexity index is 667. The van der Waals surface area contributed by atoms with Crippen LogP contribution in [0.5, 0.6) is 0 Å². The van der Waals surface area contributed by atoms with Crippen molar-refractivity contribution in [3.8, 4) is 0 Å². The Morgan fingerprint density at radius 1 is 1.25 bits per heavy atom. The van der Waals surface area contributed by atoms with Crippen LogP contribution in [0.4, 0.5) is 5.82 Å². The summed E-state index contributed by atoms with van der Waals surface area (Å²) in [5.74, 6) is 0.684. The standard InChI is InChI=1S/C16H21Cl2N5S/c1-22(2)9-4-8-19-16(24)20-15-7-10-23(21-15)11-12-13(17)5-3-6-14(12)18/h3,5-7,10H,4,8-9,11H2,1-2H3,(H2,19,20,21,24). The molecule has 8 heteroatoms. The molecule has 0 unspecified atom stereocenters. The van der Waals surface area contributed by atoms with Crippen LogP contribution in [-0.2, 0) is 6.54 Å². The Kier molecular flexibility index (Phi) is 7.30. The summed E-state index contributed by atoms with van der Waals surface area (Å²) in [7, 11) is 4.10. The molecule has 2 aromatic rings. The third kappa shape index (κ3) is 5.94. The van der Waals surface area contributed by atoms with Gasteiger partial charge in [-0.25, -0.2) is 0 Å². The van der Waals surface area contributed by atoms with Crippen LogP contribution in [0.25, 0.3) is 0 Å². The fourth-order valence-electron chi connectivity index (χ4n) is 2.12. The van der Waals surface area contributed by atoms with Crippen molar-refractivity contribution in [3.05, 3.63) is 46.1 Å². The molecule has 24 heavy (non-hydrogen) atoms. The molecule has 0 atom stereocenters. The smallest absolute Gasteiger partial charge is 0.171 e. The minimum atomic E-state index is 0.503. The predicted molar refractivity (Wildman–Crippen MR) is 105 cm³/mol. The van der Waals surface area contributed by atoms with E-state index in [-0.39, 0.29) is 0 Å². The molecule has 0 fully saturated rings. The SMILES string of the molecule is CN(C)CCCNC(=S)Nc1ccn(Cc2c(Cl)cccc2Cl)n1. The number of aromatic nitrogens is 2. The average Bonchev–Trinajstić information content (AvgIpc) is 2.94. The van der Waals surface area contributed by atoms with Crippen LogP contribution in [0.2, 0.25) is 10.0 Å². The molecule has 1 aromatic carbocycles. The zero-order valence-electron chi connectivity index (χ0n) is 13.7. The van der Waals surface area contributed by atoms with E-state index in [2.05, 4.69) is 34.7 Å². The molecule has 0 aliphatic heterocycles. The Labute approximate surface area is 157 Å². The van der Waals surface area contributed by atoms with Crippen molar-refractivity contribution in [1.82, 2.24) is 20.0 Å². The van der Waals surface area contributed by atoms with Crippen LogP contribution in [0.1, 0.15) is 12.0 Å². The molecule has 0 spiro atoms. The molecule has 0 amide bonds. The number of anilines is 1. The van der Waals surface area contributed by atoms with Gasteiger partial charge in [0.1, 0.15) is 0 Å². The lowest BCUT2D eigenvalue weighted by molar-refractivity contribution is 0.400. The average molecular weight is 386 g/mol. The quantitative estimate of drug-likeness (QED) is 0.564. The second-order valence-electron chi connectivity index (χ2n) is 5.64. The van der Waals surface area contributed by atoms with Gasteiger partial charge in [-0.05, 0) is 51.4 Å². The fourth-order valence-corrected chi connectivity index (χ4v) is 2.84. The van der Waals surface area contributed by atoms with E-state index in [0.717, 1.165) is 25.1 Å². The third-order valence-electron chi connectivity index (χ3n) is 3.33. The van der Waals surface area contributed by atoms with Crippen LogP contribution in [-0.4, -0.2) is 47.0 Å². The zero-order chi connectivity index (χ0) is 17.5. The Hall–Kier alpha value is -1.34. The van der Waals surface area contributed by atoms with E-state index in [1.165, 1.54) is 0 Å². The van der Waals surface area contributed by atoms with Gasteiger partial charge in [-0.15, -0.1) is 0 Å². The minimum absolute atomic E-state index is 0.503. The van der Waals surface area contributed by atoms with Crippen LogP contribution >= 0.6 is 35.4 Å². The zero-order valence-corrected chi connectivity index (χ0v) is 16.0. The highest BCUT2D eigenvalue weighted by atomic mass is 35.5. The van der Waals surface area contributed by atoms with Gasteiger partial charge in [-0.2, -0.15) is 5.10 Å². The second-order valence-corrected chi connectivity index (χ2v) is 6.86. The lowest BCUT2D eigenvalue weighted by Crippen LogP contribution is -2.31. The highest BCUT2D eigenvalue weighted by molar-refractivity contribution is 7.80. The molecule has 2 N–H and O–H groups in total. The summed E-state index contributed by atoms with van der Waals surface area (Å²) < 4.78 is 1.77. The van der Waals surface area contributed by atoms with E-state index in [0.29, 0.717) is 27.5 Å². The van der Waals surface area contributed by atoms with E-state index in [1.54, 1.807) is 4.68 Å². The highest BCUT2D eigenvalue weighted by Gasteiger charge is 2.08. The van der Waals surface area contributed by atoms with Gasteiger partial charge in [0.25, 0.3) is 0 Å². The van der Waals surface area contributed by atoms with Crippen LogP contribution in [0.15, 0.2) is 30.5 Å². The molecule has 0 aliphatic rings. The van der Waals surface area contributed by atoms with Crippen molar-refractivity contribution in [2.75, 3.05) is 32.5 Å². The van der Waals surface area contributed by atoms with Gasteiger partial charge >= 0.3 is 0 Å². The molecule has 0 bridgehead atoms. The van der Waals surface area contributed by atoms with Crippen molar-refractivity contribution in [2.24, 2.45) is 0 Å². The minimum Gasteiger partial charge on any atom is -0.362 e. The molecule has 130 valence electrons. The van der Waals surface area contributed by atoms with Crippen LogP contribution < -0.4 is 10.6 Å². The van der Waals surface area contributed by atoms with Gasteiger partial charge in [0.15, 0.2) is 10.9 Å². The van der Waals surface area contributed by atoms with E-state index in [4.69, 9.17) is 35.4 Å². The van der Waals surface area contributed by atoms with E-state index in [1.807, 2.05) is 30.5 Å². The van der Waals surface area contributed by atoms with Crippen molar-refractivity contribution >= 4 is 46.4 Å². The summed E-state index contributed by atoms with van der Waals surface area (Å²) in [5.41, 5.74) is 0.847. The Morgan fingerprint density at radius 2 is 1.96 bits per heavy atom. The first kappa shape index (κ1) is 19.0. The lowest BCUT2D eigenvalue weighted by atomic mass is 10.2. The number of thiocarbonyl (C=S) groups is 1. The number of nitrogens with one attached hydrogen (secondary N) is 2. The van der Waals surface area contributed by atoms with Gasteiger partial charge in [-0.1, -0.05) is 29.3 Å². The van der Waals surface area contributed by atoms with Crippen molar-refractivity contribution in [3.63, 3.8) is 0 Å². The van der Waals surface area contributed by atoms with E-state index < -0.39 is 0 Å². The van der Waals surface area contributed by atoms with Gasteiger partial charge in [0.05, 0.1) is 6.54 Å². The fraction of sp³-hybridized carbons (Fsp3) is 0.375. The monoisotopic (exact) mass is 385 g/mol. The molecule has 0 aliphatic carbocycles. The van der Waals surface area contributed by atoms with E-state index >= 15 is 0 Å². The normalized spacial score (nSPS) is 10.9. The maximum atomic E-state index is 6.19. The van der Waals surface area contributed by atoms with Crippen LogP contribution in [0, 0.1) is 0 Å². The topological polar surface area (TPSA) is 45.1 Å². The van der Waals surface area contributed by atoms with Gasteiger partial charge < -0.3 is 15.5 Å². The molecular formula is C16H21Cl2N5S. The summed E-state index contributed by atoms with van der Waals surface area (Å²) >= 11 is 17.6. The first-order valence-electron chi connectivity index (χ1n) is 7.61. The summed E-state index contributed by atoms with van der Waals surface area (Å²) in [6.07, 6.45) is 2.88. The van der Waals surface area contributed by atoms with Crippen molar-refractivity contribution < 1.29 is 0 Å². The first-order valence-corrected chi connectivity index (χ1v) is 8.78. The summed E-state index contributed by atoms with van der Waals surface area (Å²) in [6, 6.07) is 7.32. The summed E-state index contributed by atoms with van der Waals surface area (Å²) in [6.45, 7) is 2.34. The number of hydrogen-bond acceptors (Lipinski definition) is 3. The Balaban J connectivity index is 1.86. The molecule has 5 nitrogen and oxygen atoms in total. The molecule has 0 saturated heterocycles. The maximum Gasteiger partial charge on any atom is 0.171 e. The van der Waals surface area contributed by atoms with Gasteiger partial charge in [0, 0.05) is 34.4 Å². The summed E-state index contributed by atoms with van der Waals surface area (Å²) in [4.78, 5) is 2.14. The van der Waals surface area contributed by atoms with Crippen molar-refractivity contribution in [1.29, 1.82) is 0 Å². The number of nitrogens with zero attached hydrogens (tertiary/aromatic N) is 3. The summed E-state index contributed by atoms with van der Waals surface area (Å²) in [5, 5.41) is 12.5. The maximum absolute atomic E-state index is 6.19. The van der Waals surface area contributed by atoms with Gasteiger partial charge in [-0.3, -0.25) is 4.68 Å². The molecular weight excluding hydrogens is 365 g/mol.